The quantitative estimate of drug-likeness (QED) is 0.336. The highest BCUT2D eigenvalue weighted by Crippen LogP contribution is 2.25. The Balaban J connectivity index is 1.41. The summed E-state index contributed by atoms with van der Waals surface area (Å²) in [5, 5.41) is 14.4. The number of aliphatic hydroxyl groups excluding tert-OH is 1. The Morgan fingerprint density at radius 2 is 1.86 bits per heavy atom. The van der Waals surface area contributed by atoms with Crippen LogP contribution in [0.2, 0.25) is 5.02 Å². The Bertz CT molecular complexity index is 1410. The molecule has 2 heterocycles. The van der Waals surface area contributed by atoms with E-state index < -0.39 is 12.0 Å². The van der Waals surface area contributed by atoms with Crippen molar-refractivity contribution in [3.8, 4) is 0 Å². The molecule has 0 aliphatic carbocycles. The van der Waals surface area contributed by atoms with Crippen LogP contribution in [-0.2, 0) is 24.9 Å². The van der Waals surface area contributed by atoms with Gasteiger partial charge in [-0.1, -0.05) is 35.9 Å². The van der Waals surface area contributed by atoms with Crippen LogP contribution in [0.3, 0.4) is 0 Å². The van der Waals surface area contributed by atoms with Gasteiger partial charge < -0.3 is 24.6 Å². The zero-order chi connectivity index (χ0) is 25.8. The SMILES string of the molecule is CN(C)c1ccc(C(O)COCc2cc3c(=O)c(C(=O)NCc4ccc(Cl)cc4)cn(C)c3s2)cc1. The fraction of sp³-hybridized carbons (Fsp3) is 0.259. The number of fused-ring (bicyclic) bond motifs is 1. The second kappa shape index (κ2) is 11.3. The van der Waals surface area contributed by atoms with Gasteiger partial charge in [0.2, 0.25) is 5.43 Å². The summed E-state index contributed by atoms with van der Waals surface area (Å²) in [4.78, 5) is 29.4. The van der Waals surface area contributed by atoms with Crippen molar-refractivity contribution in [3.05, 3.63) is 97.6 Å². The number of nitrogens with zero attached hydrogens (tertiary/aromatic N) is 2. The first-order valence-corrected chi connectivity index (χ1v) is 12.6. The smallest absolute Gasteiger partial charge is 0.257 e. The van der Waals surface area contributed by atoms with Crippen molar-refractivity contribution in [2.45, 2.75) is 19.3 Å². The van der Waals surface area contributed by atoms with Gasteiger partial charge in [-0.15, -0.1) is 11.3 Å². The minimum absolute atomic E-state index is 0.0841. The molecule has 2 N–H and O–H groups in total. The summed E-state index contributed by atoms with van der Waals surface area (Å²) in [6.45, 7) is 0.675. The van der Waals surface area contributed by atoms with E-state index in [1.165, 1.54) is 11.3 Å². The number of ether oxygens (including phenoxy) is 1. The largest absolute Gasteiger partial charge is 0.386 e. The second-order valence-electron chi connectivity index (χ2n) is 8.74. The van der Waals surface area contributed by atoms with E-state index in [9.17, 15) is 14.7 Å². The number of pyridine rings is 1. The number of hydrogen-bond acceptors (Lipinski definition) is 6. The van der Waals surface area contributed by atoms with Gasteiger partial charge >= 0.3 is 0 Å². The molecule has 2 aromatic heterocycles. The average molecular weight is 526 g/mol. The summed E-state index contributed by atoms with van der Waals surface area (Å²) in [6.07, 6.45) is 0.808. The Kier molecular flexibility index (Phi) is 8.11. The number of halogens is 1. The maximum Gasteiger partial charge on any atom is 0.257 e. The normalized spacial score (nSPS) is 12.0. The highest BCUT2D eigenvalue weighted by molar-refractivity contribution is 7.18. The molecule has 0 spiro atoms. The maximum atomic E-state index is 13.1. The third-order valence-electron chi connectivity index (χ3n) is 5.82. The van der Waals surface area contributed by atoms with Gasteiger partial charge in [-0.25, -0.2) is 0 Å². The van der Waals surface area contributed by atoms with Crippen LogP contribution in [0.5, 0.6) is 0 Å². The number of aryl methyl sites for hydroxylation is 1. The number of thiophene rings is 1. The molecule has 36 heavy (non-hydrogen) atoms. The molecule has 9 heteroatoms. The molecule has 1 unspecified atom stereocenters. The van der Waals surface area contributed by atoms with Crippen molar-refractivity contribution in [1.29, 1.82) is 0 Å². The minimum Gasteiger partial charge on any atom is -0.386 e. The van der Waals surface area contributed by atoms with E-state index in [0.29, 0.717) is 17.0 Å². The molecule has 0 saturated heterocycles. The van der Waals surface area contributed by atoms with Gasteiger partial charge in [0.1, 0.15) is 16.5 Å². The number of rotatable bonds is 9. The van der Waals surface area contributed by atoms with Gasteiger partial charge in [0, 0.05) is 49.5 Å². The van der Waals surface area contributed by atoms with Crippen LogP contribution < -0.4 is 15.6 Å². The lowest BCUT2D eigenvalue weighted by Crippen LogP contribution is -2.29. The predicted molar refractivity (Wildman–Crippen MR) is 145 cm³/mol. The van der Waals surface area contributed by atoms with E-state index in [4.69, 9.17) is 16.3 Å². The standard InChI is InChI=1S/C27H28ClN3O4S/c1-30(2)20-10-6-18(7-11-20)24(32)16-35-15-21-12-22-25(33)23(14-31(3)27(22)36-21)26(34)29-13-17-4-8-19(28)9-5-17/h4-12,14,24,32H,13,15-16H2,1-3H3,(H,29,34). The fourth-order valence-electron chi connectivity index (χ4n) is 3.79. The monoisotopic (exact) mass is 525 g/mol. The molecule has 1 amide bonds. The average Bonchev–Trinajstić information content (AvgIpc) is 3.31. The van der Waals surface area contributed by atoms with Gasteiger partial charge in [0.25, 0.3) is 5.91 Å². The second-order valence-corrected chi connectivity index (χ2v) is 10.3. The molecule has 0 aliphatic heterocycles. The summed E-state index contributed by atoms with van der Waals surface area (Å²) in [5.41, 5.74) is 2.48. The predicted octanol–water partition coefficient (Wildman–Crippen LogP) is 4.50. The first-order valence-electron chi connectivity index (χ1n) is 11.4. The molecule has 0 fully saturated rings. The third-order valence-corrected chi connectivity index (χ3v) is 7.27. The molecule has 188 valence electrons. The molecule has 0 aliphatic rings. The minimum atomic E-state index is -0.752. The Labute approximate surface area is 218 Å². The zero-order valence-electron chi connectivity index (χ0n) is 20.3. The number of carbonyl (C=O) groups is 1. The molecule has 0 bridgehead atoms. The van der Waals surface area contributed by atoms with Crippen molar-refractivity contribution < 1.29 is 14.6 Å². The number of nitrogens with one attached hydrogen (secondary N) is 1. The molecule has 4 rings (SSSR count). The van der Waals surface area contributed by atoms with Crippen LogP contribution in [0.15, 0.2) is 65.6 Å². The van der Waals surface area contributed by atoms with E-state index in [2.05, 4.69) is 5.32 Å². The van der Waals surface area contributed by atoms with Gasteiger partial charge in [-0.05, 0) is 41.5 Å². The highest BCUT2D eigenvalue weighted by atomic mass is 35.5. The van der Waals surface area contributed by atoms with E-state index in [1.54, 1.807) is 36.0 Å². The molecular weight excluding hydrogens is 498 g/mol. The molecule has 4 aromatic rings. The van der Waals surface area contributed by atoms with E-state index >= 15 is 0 Å². The van der Waals surface area contributed by atoms with Gasteiger partial charge in [0.05, 0.1) is 18.6 Å². The van der Waals surface area contributed by atoms with Crippen molar-refractivity contribution >= 4 is 44.7 Å². The molecule has 0 saturated carbocycles. The maximum absolute atomic E-state index is 13.1. The van der Waals surface area contributed by atoms with Crippen molar-refractivity contribution in [1.82, 2.24) is 9.88 Å². The summed E-state index contributed by atoms with van der Waals surface area (Å²) >= 11 is 7.33. The molecule has 0 radical (unpaired) electrons. The molecule has 1 atom stereocenters. The lowest BCUT2D eigenvalue weighted by Gasteiger charge is -2.15. The van der Waals surface area contributed by atoms with Crippen molar-refractivity contribution in [3.63, 3.8) is 0 Å². The van der Waals surface area contributed by atoms with Crippen LogP contribution in [0, 0.1) is 0 Å². The molecular formula is C27H28ClN3O4S. The number of anilines is 1. The number of benzene rings is 2. The first-order chi connectivity index (χ1) is 17.2. The topological polar surface area (TPSA) is 83.8 Å². The van der Waals surface area contributed by atoms with Gasteiger partial charge in [-0.3, -0.25) is 9.59 Å². The fourth-order valence-corrected chi connectivity index (χ4v) is 4.94. The highest BCUT2D eigenvalue weighted by Gasteiger charge is 2.17. The summed E-state index contributed by atoms with van der Waals surface area (Å²) in [6, 6.07) is 16.6. The number of aromatic nitrogens is 1. The summed E-state index contributed by atoms with van der Waals surface area (Å²) < 4.78 is 7.53. The van der Waals surface area contributed by atoms with E-state index in [0.717, 1.165) is 26.5 Å². The number of amides is 1. The summed E-state index contributed by atoms with van der Waals surface area (Å²) in [7, 11) is 5.73. The molecule has 7 nitrogen and oxygen atoms in total. The lowest BCUT2D eigenvalue weighted by molar-refractivity contribution is 0.0287. The van der Waals surface area contributed by atoms with E-state index in [1.807, 2.05) is 55.4 Å². The van der Waals surface area contributed by atoms with Crippen LogP contribution in [0.4, 0.5) is 5.69 Å². The number of aliphatic hydroxyl groups is 1. The zero-order valence-corrected chi connectivity index (χ0v) is 21.9. The van der Waals surface area contributed by atoms with Crippen LogP contribution in [-0.4, -0.2) is 36.3 Å². The van der Waals surface area contributed by atoms with Gasteiger partial charge in [-0.2, -0.15) is 0 Å². The summed E-state index contributed by atoms with van der Waals surface area (Å²) in [5.74, 6) is -0.431. The Morgan fingerprint density at radius 1 is 1.17 bits per heavy atom. The van der Waals surface area contributed by atoms with Crippen LogP contribution >= 0.6 is 22.9 Å². The van der Waals surface area contributed by atoms with Crippen LogP contribution in [0.1, 0.15) is 32.5 Å². The lowest BCUT2D eigenvalue weighted by atomic mass is 10.1. The first kappa shape index (κ1) is 25.9. The van der Waals surface area contributed by atoms with Crippen molar-refractivity contribution in [2.24, 2.45) is 7.05 Å². The molecule has 2 aromatic carbocycles. The Hall–Kier alpha value is -3.17. The number of hydrogen-bond donors (Lipinski definition) is 2. The Morgan fingerprint density at radius 3 is 2.53 bits per heavy atom. The van der Waals surface area contributed by atoms with E-state index in [-0.39, 0.29) is 24.2 Å². The number of carbonyl (C=O) groups excluding carboxylic acids is 1. The van der Waals surface area contributed by atoms with Crippen molar-refractivity contribution in [2.75, 3.05) is 25.6 Å². The van der Waals surface area contributed by atoms with Crippen LogP contribution in [0.25, 0.3) is 10.2 Å². The van der Waals surface area contributed by atoms with Gasteiger partial charge in [0.15, 0.2) is 0 Å². The third kappa shape index (κ3) is 5.96.